The Hall–Kier alpha value is -1.18. The lowest BCUT2D eigenvalue weighted by atomic mass is 10.1. The number of rotatable bonds is 2. The first kappa shape index (κ1) is 10.9. The predicted molar refractivity (Wildman–Crippen MR) is 74.0 cm³/mol. The van der Waals surface area contributed by atoms with Crippen LogP contribution in [0.5, 0.6) is 0 Å². The summed E-state index contributed by atoms with van der Waals surface area (Å²) in [6.45, 7) is 4.96. The summed E-state index contributed by atoms with van der Waals surface area (Å²) in [6.07, 6.45) is 6.83. The van der Waals surface area contributed by atoms with Crippen molar-refractivity contribution in [2.45, 2.75) is 32.1 Å². The van der Waals surface area contributed by atoms with Crippen LogP contribution >= 0.6 is 0 Å². The molecule has 0 amide bonds. The number of para-hydroxylation sites is 2. The summed E-state index contributed by atoms with van der Waals surface area (Å²) >= 11 is 0. The van der Waals surface area contributed by atoms with E-state index in [1.54, 1.807) is 0 Å². The molecule has 17 heavy (non-hydrogen) atoms. The first-order chi connectivity index (χ1) is 8.45. The van der Waals surface area contributed by atoms with E-state index in [4.69, 9.17) is 0 Å². The molecule has 0 aliphatic carbocycles. The fourth-order valence-electron chi connectivity index (χ4n) is 3.09. The highest BCUT2D eigenvalue weighted by atomic mass is 15.2. The van der Waals surface area contributed by atoms with E-state index in [1.807, 2.05) is 0 Å². The molecule has 92 valence electrons. The smallest absolute Gasteiger partial charge is 0.0604 e. The van der Waals surface area contributed by atoms with Crippen LogP contribution < -0.4 is 9.80 Å². The van der Waals surface area contributed by atoms with E-state index in [1.165, 1.54) is 69.7 Å². The third kappa shape index (κ3) is 2.26. The average Bonchev–Trinajstić information content (AvgIpc) is 2.94. The molecule has 0 N–H and O–H groups in total. The molecule has 2 saturated heterocycles. The van der Waals surface area contributed by atoms with Crippen molar-refractivity contribution in [3.05, 3.63) is 24.3 Å². The second kappa shape index (κ2) is 4.99. The van der Waals surface area contributed by atoms with Crippen molar-refractivity contribution in [2.24, 2.45) is 0 Å². The van der Waals surface area contributed by atoms with E-state index in [-0.39, 0.29) is 0 Å². The molecular formula is C15H22N2. The van der Waals surface area contributed by atoms with Crippen LogP contribution in [0.15, 0.2) is 24.3 Å². The highest BCUT2D eigenvalue weighted by Crippen LogP contribution is 2.32. The van der Waals surface area contributed by atoms with Crippen LogP contribution in [0.4, 0.5) is 11.4 Å². The van der Waals surface area contributed by atoms with Crippen molar-refractivity contribution in [2.75, 3.05) is 36.0 Å². The minimum absolute atomic E-state index is 1.24. The van der Waals surface area contributed by atoms with Crippen LogP contribution in [0.1, 0.15) is 32.1 Å². The Labute approximate surface area is 104 Å². The Morgan fingerprint density at radius 2 is 1.00 bits per heavy atom. The Morgan fingerprint density at radius 1 is 0.588 bits per heavy atom. The number of nitrogens with zero attached hydrogens (tertiary/aromatic N) is 2. The third-order valence-corrected chi connectivity index (χ3v) is 4.03. The lowest BCUT2D eigenvalue weighted by Crippen LogP contribution is -2.31. The molecule has 2 nitrogen and oxygen atoms in total. The van der Waals surface area contributed by atoms with Gasteiger partial charge in [0, 0.05) is 26.2 Å². The zero-order valence-electron chi connectivity index (χ0n) is 10.6. The molecule has 0 atom stereocenters. The molecule has 2 heterocycles. The average molecular weight is 230 g/mol. The quantitative estimate of drug-likeness (QED) is 0.769. The molecule has 0 aromatic heterocycles. The Kier molecular flexibility index (Phi) is 3.21. The van der Waals surface area contributed by atoms with Gasteiger partial charge in [-0.2, -0.15) is 0 Å². The standard InChI is InChI=1S/C15H22N2/c1-4-10-16(11-5-1)14-8-2-3-9-15(14)17-12-6-7-13-17/h2-3,8-9H,1,4-7,10-13H2. The van der Waals surface area contributed by atoms with E-state index in [9.17, 15) is 0 Å². The third-order valence-electron chi connectivity index (χ3n) is 4.03. The Bertz CT molecular complexity index is 363. The zero-order chi connectivity index (χ0) is 11.5. The number of hydrogen-bond acceptors (Lipinski definition) is 2. The van der Waals surface area contributed by atoms with Crippen LogP contribution in [0.3, 0.4) is 0 Å². The molecule has 0 saturated carbocycles. The summed E-state index contributed by atoms with van der Waals surface area (Å²) < 4.78 is 0. The molecule has 0 unspecified atom stereocenters. The van der Waals surface area contributed by atoms with Gasteiger partial charge in [0.05, 0.1) is 11.4 Å². The van der Waals surface area contributed by atoms with Gasteiger partial charge in [0.15, 0.2) is 0 Å². The first-order valence-corrected chi connectivity index (χ1v) is 7.04. The van der Waals surface area contributed by atoms with Crippen molar-refractivity contribution in [3.63, 3.8) is 0 Å². The summed E-state index contributed by atoms with van der Waals surface area (Å²) in [5.41, 5.74) is 2.93. The molecule has 0 spiro atoms. The van der Waals surface area contributed by atoms with Crippen LogP contribution in [0, 0.1) is 0 Å². The molecule has 1 aromatic rings. The summed E-state index contributed by atoms with van der Waals surface area (Å²) in [5, 5.41) is 0. The minimum atomic E-state index is 1.24. The van der Waals surface area contributed by atoms with Gasteiger partial charge in [0.25, 0.3) is 0 Å². The maximum absolute atomic E-state index is 2.58. The number of anilines is 2. The largest absolute Gasteiger partial charge is 0.370 e. The van der Waals surface area contributed by atoms with E-state index >= 15 is 0 Å². The van der Waals surface area contributed by atoms with E-state index in [0.717, 1.165) is 0 Å². The van der Waals surface area contributed by atoms with Gasteiger partial charge in [-0.1, -0.05) is 12.1 Å². The van der Waals surface area contributed by atoms with E-state index in [2.05, 4.69) is 34.1 Å². The number of benzene rings is 1. The molecule has 0 radical (unpaired) electrons. The fraction of sp³-hybridized carbons (Fsp3) is 0.600. The van der Waals surface area contributed by atoms with Gasteiger partial charge in [-0.05, 0) is 44.2 Å². The van der Waals surface area contributed by atoms with Crippen LogP contribution in [-0.2, 0) is 0 Å². The zero-order valence-corrected chi connectivity index (χ0v) is 10.6. The number of hydrogen-bond donors (Lipinski definition) is 0. The van der Waals surface area contributed by atoms with Gasteiger partial charge < -0.3 is 9.80 Å². The molecule has 2 aliphatic rings. The predicted octanol–water partition coefficient (Wildman–Crippen LogP) is 3.28. The van der Waals surface area contributed by atoms with Crippen LogP contribution in [0.2, 0.25) is 0 Å². The van der Waals surface area contributed by atoms with Crippen molar-refractivity contribution in [3.8, 4) is 0 Å². The van der Waals surface area contributed by atoms with Gasteiger partial charge in [-0.25, -0.2) is 0 Å². The summed E-state index contributed by atoms with van der Waals surface area (Å²) in [5.74, 6) is 0. The van der Waals surface area contributed by atoms with Gasteiger partial charge in [-0.3, -0.25) is 0 Å². The molecule has 2 fully saturated rings. The van der Waals surface area contributed by atoms with Crippen molar-refractivity contribution in [1.29, 1.82) is 0 Å². The van der Waals surface area contributed by atoms with E-state index in [0.29, 0.717) is 0 Å². The van der Waals surface area contributed by atoms with Gasteiger partial charge in [-0.15, -0.1) is 0 Å². The highest BCUT2D eigenvalue weighted by molar-refractivity contribution is 5.71. The van der Waals surface area contributed by atoms with E-state index < -0.39 is 0 Å². The molecule has 1 aromatic carbocycles. The van der Waals surface area contributed by atoms with Gasteiger partial charge in [0.2, 0.25) is 0 Å². The first-order valence-electron chi connectivity index (χ1n) is 7.04. The summed E-state index contributed by atoms with van der Waals surface area (Å²) in [7, 11) is 0. The van der Waals surface area contributed by atoms with Crippen molar-refractivity contribution >= 4 is 11.4 Å². The monoisotopic (exact) mass is 230 g/mol. The second-order valence-electron chi connectivity index (χ2n) is 5.23. The SMILES string of the molecule is c1ccc(N2CCCC2)c(N2CCCCC2)c1. The molecule has 2 heteroatoms. The van der Waals surface area contributed by atoms with Gasteiger partial charge >= 0.3 is 0 Å². The Morgan fingerprint density at radius 3 is 1.47 bits per heavy atom. The molecule has 3 rings (SSSR count). The minimum Gasteiger partial charge on any atom is -0.370 e. The Balaban J connectivity index is 1.86. The van der Waals surface area contributed by atoms with Crippen molar-refractivity contribution in [1.82, 2.24) is 0 Å². The molecule has 0 bridgehead atoms. The molecule has 2 aliphatic heterocycles. The lowest BCUT2D eigenvalue weighted by Gasteiger charge is -2.33. The fourth-order valence-corrected chi connectivity index (χ4v) is 3.09. The van der Waals surface area contributed by atoms with Gasteiger partial charge in [0.1, 0.15) is 0 Å². The second-order valence-corrected chi connectivity index (χ2v) is 5.23. The van der Waals surface area contributed by atoms with Crippen LogP contribution in [-0.4, -0.2) is 26.2 Å². The topological polar surface area (TPSA) is 6.48 Å². The lowest BCUT2D eigenvalue weighted by molar-refractivity contribution is 0.577. The molecular weight excluding hydrogens is 208 g/mol. The number of piperidine rings is 1. The van der Waals surface area contributed by atoms with Crippen LogP contribution in [0.25, 0.3) is 0 Å². The maximum atomic E-state index is 2.58. The summed E-state index contributed by atoms with van der Waals surface area (Å²) in [4.78, 5) is 5.14. The van der Waals surface area contributed by atoms with Crippen molar-refractivity contribution < 1.29 is 0 Å². The highest BCUT2D eigenvalue weighted by Gasteiger charge is 2.19. The normalized spacial score (nSPS) is 20.9. The summed E-state index contributed by atoms with van der Waals surface area (Å²) in [6, 6.07) is 8.97. The maximum Gasteiger partial charge on any atom is 0.0604 e.